The van der Waals surface area contributed by atoms with Crippen molar-refractivity contribution in [2.75, 3.05) is 53.0 Å². The molecule has 0 aromatic rings. The average molecular weight is 244 g/mol. The standard InChI is InChI=1S/C13H28N2O2/c1-3-17-13-6-4-9-15(12-13)10-5-7-14-8-11-16-2/h13-14H,3-12H2,1-2H3. The maximum Gasteiger partial charge on any atom is 0.0702 e. The van der Waals surface area contributed by atoms with Gasteiger partial charge in [-0.25, -0.2) is 0 Å². The number of nitrogens with zero attached hydrogens (tertiary/aromatic N) is 1. The molecule has 4 heteroatoms. The number of methoxy groups -OCH3 is 1. The summed E-state index contributed by atoms with van der Waals surface area (Å²) in [6, 6.07) is 0. The summed E-state index contributed by atoms with van der Waals surface area (Å²) in [4.78, 5) is 2.53. The molecule has 0 aromatic carbocycles. The SMILES string of the molecule is CCOC1CCCN(CCCNCCOC)C1. The first kappa shape index (κ1) is 14.9. The molecule has 17 heavy (non-hydrogen) atoms. The summed E-state index contributed by atoms with van der Waals surface area (Å²) in [6.07, 6.45) is 4.19. The largest absolute Gasteiger partial charge is 0.383 e. The third-order valence-corrected chi connectivity index (χ3v) is 3.18. The number of hydrogen-bond donors (Lipinski definition) is 1. The van der Waals surface area contributed by atoms with Crippen LogP contribution in [-0.4, -0.2) is 64.1 Å². The van der Waals surface area contributed by atoms with E-state index in [-0.39, 0.29) is 0 Å². The van der Waals surface area contributed by atoms with Crippen LogP contribution in [0.1, 0.15) is 26.2 Å². The zero-order valence-electron chi connectivity index (χ0n) is 11.4. The molecule has 0 bridgehead atoms. The highest BCUT2D eigenvalue weighted by Crippen LogP contribution is 2.13. The number of ether oxygens (including phenoxy) is 2. The fourth-order valence-electron chi connectivity index (χ4n) is 2.31. The summed E-state index contributed by atoms with van der Waals surface area (Å²) in [7, 11) is 1.74. The maximum atomic E-state index is 5.70. The minimum atomic E-state index is 0.468. The van der Waals surface area contributed by atoms with Gasteiger partial charge in [0, 0.05) is 26.8 Å². The van der Waals surface area contributed by atoms with Gasteiger partial charge in [0.1, 0.15) is 0 Å². The molecular weight excluding hydrogens is 216 g/mol. The van der Waals surface area contributed by atoms with E-state index in [4.69, 9.17) is 9.47 Å². The van der Waals surface area contributed by atoms with E-state index >= 15 is 0 Å². The van der Waals surface area contributed by atoms with Crippen LogP contribution in [0.15, 0.2) is 0 Å². The first-order chi connectivity index (χ1) is 8.36. The lowest BCUT2D eigenvalue weighted by Crippen LogP contribution is -2.40. The van der Waals surface area contributed by atoms with Crippen LogP contribution >= 0.6 is 0 Å². The summed E-state index contributed by atoms with van der Waals surface area (Å²) >= 11 is 0. The van der Waals surface area contributed by atoms with Crippen LogP contribution in [0.2, 0.25) is 0 Å². The van der Waals surface area contributed by atoms with E-state index in [0.29, 0.717) is 6.10 Å². The van der Waals surface area contributed by atoms with Gasteiger partial charge in [0.2, 0.25) is 0 Å². The summed E-state index contributed by atoms with van der Waals surface area (Å²) in [5.41, 5.74) is 0. The second-order valence-corrected chi connectivity index (χ2v) is 4.62. The number of hydrogen-bond acceptors (Lipinski definition) is 4. The van der Waals surface area contributed by atoms with E-state index in [1.54, 1.807) is 7.11 Å². The molecule has 102 valence electrons. The van der Waals surface area contributed by atoms with Gasteiger partial charge in [-0.05, 0) is 45.8 Å². The van der Waals surface area contributed by atoms with Crippen molar-refractivity contribution in [2.45, 2.75) is 32.3 Å². The molecule has 0 aliphatic carbocycles. The molecule has 4 nitrogen and oxygen atoms in total. The van der Waals surface area contributed by atoms with Crippen LogP contribution in [0, 0.1) is 0 Å². The van der Waals surface area contributed by atoms with Crippen molar-refractivity contribution in [3.8, 4) is 0 Å². The van der Waals surface area contributed by atoms with Crippen LogP contribution in [0.4, 0.5) is 0 Å². The Morgan fingerprint density at radius 1 is 1.35 bits per heavy atom. The highest BCUT2D eigenvalue weighted by atomic mass is 16.5. The zero-order valence-corrected chi connectivity index (χ0v) is 11.4. The van der Waals surface area contributed by atoms with Gasteiger partial charge < -0.3 is 19.7 Å². The predicted molar refractivity (Wildman–Crippen MR) is 70.5 cm³/mol. The van der Waals surface area contributed by atoms with Gasteiger partial charge in [0.05, 0.1) is 12.7 Å². The Balaban J connectivity index is 1.98. The molecule has 1 atom stereocenters. The Morgan fingerprint density at radius 3 is 3.00 bits per heavy atom. The van der Waals surface area contributed by atoms with Crippen molar-refractivity contribution >= 4 is 0 Å². The molecule has 1 unspecified atom stereocenters. The lowest BCUT2D eigenvalue weighted by Gasteiger charge is -2.32. The van der Waals surface area contributed by atoms with Gasteiger partial charge in [-0.1, -0.05) is 0 Å². The fourth-order valence-corrected chi connectivity index (χ4v) is 2.31. The Morgan fingerprint density at radius 2 is 2.24 bits per heavy atom. The van der Waals surface area contributed by atoms with E-state index in [0.717, 1.165) is 32.8 Å². The first-order valence-corrected chi connectivity index (χ1v) is 6.90. The monoisotopic (exact) mass is 244 g/mol. The van der Waals surface area contributed by atoms with Gasteiger partial charge in [-0.2, -0.15) is 0 Å². The molecule has 0 saturated carbocycles. The summed E-state index contributed by atoms with van der Waals surface area (Å²) in [6.45, 7) is 9.31. The van der Waals surface area contributed by atoms with Crippen molar-refractivity contribution in [3.63, 3.8) is 0 Å². The summed E-state index contributed by atoms with van der Waals surface area (Å²) < 4.78 is 10.7. The second-order valence-electron chi connectivity index (χ2n) is 4.62. The summed E-state index contributed by atoms with van der Waals surface area (Å²) in [5.74, 6) is 0. The minimum absolute atomic E-state index is 0.468. The lowest BCUT2D eigenvalue weighted by atomic mass is 10.1. The van der Waals surface area contributed by atoms with Crippen molar-refractivity contribution in [3.05, 3.63) is 0 Å². The fraction of sp³-hybridized carbons (Fsp3) is 1.00. The van der Waals surface area contributed by atoms with Gasteiger partial charge >= 0.3 is 0 Å². The molecule has 1 N–H and O–H groups in total. The topological polar surface area (TPSA) is 33.7 Å². The Hall–Kier alpha value is -0.160. The average Bonchev–Trinajstić information content (AvgIpc) is 2.35. The predicted octanol–water partition coefficient (Wildman–Crippen LogP) is 1.11. The van der Waals surface area contributed by atoms with Crippen LogP contribution in [0.25, 0.3) is 0 Å². The van der Waals surface area contributed by atoms with Crippen LogP contribution < -0.4 is 5.32 Å². The van der Waals surface area contributed by atoms with Gasteiger partial charge in [-0.15, -0.1) is 0 Å². The van der Waals surface area contributed by atoms with Crippen LogP contribution in [-0.2, 0) is 9.47 Å². The van der Waals surface area contributed by atoms with Gasteiger partial charge in [0.25, 0.3) is 0 Å². The molecule has 1 fully saturated rings. The van der Waals surface area contributed by atoms with Gasteiger partial charge in [0.15, 0.2) is 0 Å². The molecule has 0 spiro atoms. The van der Waals surface area contributed by atoms with Crippen molar-refractivity contribution < 1.29 is 9.47 Å². The van der Waals surface area contributed by atoms with Crippen LogP contribution in [0.5, 0.6) is 0 Å². The van der Waals surface area contributed by atoms with Crippen molar-refractivity contribution in [2.24, 2.45) is 0 Å². The third kappa shape index (κ3) is 6.99. The molecule has 0 aromatic heterocycles. The number of likely N-dealkylation sites (tertiary alicyclic amines) is 1. The molecule has 0 radical (unpaired) electrons. The first-order valence-electron chi connectivity index (χ1n) is 6.90. The normalized spacial score (nSPS) is 21.9. The molecule has 0 amide bonds. The van der Waals surface area contributed by atoms with Crippen LogP contribution in [0.3, 0.4) is 0 Å². The van der Waals surface area contributed by atoms with E-state index in [9.17, 15) is 0 Å². The molecular formula is C13H28N2O2. The highest BCUT2D eigenvalue weighted by molar-refractivity contribution is 4.73. The maximum absolute atomic E-state index is 5.70. The van der Waals surface area contributed by atoms with E-state index in [1.807, 2.05) is 0 Å². The minimum Gasteiger partial charge on any atom is -0.383 e. The molecule has 1 saturated heterocycles. The highest BCUT2D eigenvalue weighted by Gasteiger charge is 2.19. The van der Waals surface area contributed by atoms with Gasteiger partial charge in [-0.3, -0.25) is 0 Å². The summed E-state index contributed by atoms with van der Waals surface area (Å²) in [5, 5.41) is 3.38. The Bertz CT molecular complexity index is 177. The second kappa shape index (κ2) is 9.83. The molecule has 1 heterocycles. The number of nitrogens with one attached hydrogen (secondary N) is 1. The quantitative estimate of drug-likeness (QED) is 0.616. The van der Waals surface area contributed by atoms with E-state index in [1.165, 1.54) is 32.4 Å². The Labute approximate surface area is 106 Å². The number of piperidine rings is 1. The smallest absolute Gasteiger partial charge is 0.0702 e. The molecule has 1 aliphatic heterocycles. The lowest BCUT2D eigenvalue weighted by molar-refractivity contribution is 0.00576. The van der Waals surface area contributed by atoms with E-state index < -0.39 is 0 Å². The Kier molecular flexibility index (Phi) is 8.61. The van der Waals surface area contributed by atoms with Crippen molar-refractivity contribution in [1.29, 1.82) is 0 Å². The van der Waals surface area contributed by atoms with E-state index in [2.05, 4.69) is 17.1 Å². The van der Waals surface area contributed by atoms with Crippen molar-refractivity contribution in [1.82, 2.24) is 10.2 Å². The molecule has 1 aliphatic rings. The zero-order chi connectivity index (χ0) is 12.3. The number of rotatable bonds is 9. The molecule has 1 rings (SSSR count). The third-order valence-electron chi connectivity index (χ3n) is 3.18.